The molecule has 0 amide bonds. The Morgan fingerprint density at radius 1 is 1.33 bits per heavy atom. The molecule has 2 aromatic heterocycles. The van der Waals surface area contributed by atoms with Gasteiger partial charge in [0.05, 0.1) is 18.1 Å². The molecule has 0 atom stereocenters. The van der Waals surface area contributed by atoms with Crippen LogP contribution < -0.4 is 11.3 Å². The van der Waals surface area contributed by atoms with E-state index in [0.717, 1.165) is 15.8 Å². The van der Waals surface area contributed by atoms with Gasteiger partial charge in [0.15, 0.2) is 5.82 Å². The molecule has 7 heteroatoms. The van der Waals surface area contributed by atoms with Crippen molar-refractivity contribution in [2.24, 2.45) is 5.84 Å². The van der Waals surface area contributed by atoms with Crippen molar-refractivity contribution in [3.05, 3.63) is 29.7 Å². The minimum absolute atomic E-state index is 0.568. The number of nitrogens with one attached hydrogen (secondary N) is 1. The van der Waals surface area contributed by atoms with Crippen LogP contribution in [0.15, 0.2) is 28.3 Å². The van der Waals surface area contributed by atoms with E-state index in [2.05, 4.69) is 20.4 Å². The predicted molar refractivity (Wildman–Crippen MR) is 61.5 cm³/mol. The molecular formula is C8H9N5S2. The van der Waals surface area contributed by atoms with Crippen molar-refractivity contribution in [3.63, 3.8) is 0 Å². The van der Waals surface area contributed by atoms with Crippen molar-refractivity contribution in [1.82, 2.24) is 15.0 Å². The van der Waals surface area contributed by atoms with Crippen LogP contribution in [0.5, 0.6) is 0 Å². The van der Waals surface area contributed by atoms with E-state index in [-0.39, 0.29) is 0 Å². The van der Waals surface area contributed by atoms with E-state index in [1.54, 1.807) is 41.7 Å². The average molecular weight is 239 g/mol. The van der Waals surface area contributed by atoms with Crippen LogP contribution in [0.4, 0.5) is 5.82 Å². The molecule has 0 aromatic carbocycles. The van der Waals surface area contributed by atoms with Gasteiger partial charge < -0.3 is 5.43 Å². The molecular weight excluding hydrogens is 230 g/mol. The number of thioether (sulfide) groups is 1. The van der Waals surface area contributed by atoms with Gasteiger partial charge in [0, 0.05) is 17.3 Å². The Labute approximate surface area is 95.1 Å². The van der Waals surface area contributed by atoms with Gasteiger partial charge in [-0.2, -0.15) is 0 Å². The molecule has 15 heavy (non-hydrogen) atoms. The zero-order chi connectivity index (χ0) is 10.5. The Morgan fingerprint density at radius 3 is 2.87 bits per heavy atom. The van der Waals surface area contributed by atoms with E-state index in [1.807, 2.05) is 5.38 Å². The predicted octanol–water partition coefficient (Wildman–Crippen LogP) is 1.51. The minimum atomic E-state index is 0.568. The van der Waals surface area contributed by atoms with Gasteiger partial charge in [-0.25, -0.2) is 15.8 Å². The monoisotopic (exact) mass is 239 g/mol. The zero-order valence-electron chi connectivity index (χ0n) is 7.75. The molecule has 0 unspecified atom stereocenters. The van der Waals surface area contributed by atoms with Crippen LogP contribution >= 0.6 is 23.1 Å². The maximum Gasteiger partial charge on any atom is 0.158 e. The lowest BCUT2D eigenvalue weighted by molar-refractivity contribution is 1.08. The van der Waals surface area contributed by atoms with Gasteiger partial charge in [-0.15, -0.1) is 11.3 Å². The summed E-state index contributed by atoms with van der Waals surface area (Å²) in [5.41, 5.74) is 3.34. The van der Waals surface area contributed by atoms with Crippen molar-refractivity contribution >= 4 is 28.9 Å². The van der Waals surface area contributed by atoms with Crippen molar-refractivity contribution in [2.45, 2.75) is 10.1 Å². The molecule has 0 aliphatic carbocycles. The first-order chi connectivity index (χ1) is 7.38. The Balaban J connectivity index is 1.93. The van der Waals surface area contributed by atoms with E-state index in [0.29, 0.717) is 5.82 Å². The Morgan fingerprint density at radius 2 is 2.27 bits per heavy atom. The molecule has 0 saturated carbocycles. The van der Waals surface area contributed by atoms with E-state index in [1.165, 1.54) is 0 Å². The van der Waals surface area contributed by atoms with Crippen LogP contribution in [0.3, 0.4) is 0 Å². The van der Waals surface area contributed by atoms with E-state index in [9.17, 15) is 0 Å². The molecule has 78 valence electrons. The number of nitrogens with zero attached hydrogens (tertiary/aromatic N) is 3. The van der Waals surface area contributed by atoms with E-state index >= 15 is 0 Å². The zero-order valence-corrected chi connectivity index (χ0v) is 9.38. The van der Waals surface area contributed by atoms with Gasteiger partial charge in [-0.05, 0) is 0 Å². The third-order valence-corrected chi connectivity index (χ3v) is 3.61. The third-order valence-electron chi connectivity index (χ3n) is 1.61. The number of nitrogen functional groups attached to an aromatic ring is 1. The standard InChI is InChI=1S/C8H9N5S2/c9-13-7-4-11-6(3-12-7)5-15-8-10-1-2-14-8/h1-4H,5,9H2,(H,12,13). The normalized spacial score (nSPS) is 10.2. The van der Waals surface area contributed by atoms with Crippen molar-refractivity contribution < 1.29 is 0 Å². The second-order valence-corrected chi connectivity index (χ2v) is 4.74. The van der Waals surface area contributed by atoms with Crippen LogP contribution in [-0.4, -0.2) is 15.0 Å². The summed E-state index contributed by atoms with van der Waals surface area (Å²) in [5, 5.41) is 1.95. The summed E-state index contributed by atoms with van der Waals surface area (Å²) in [6.45, 7) is 0. The molecule has 0 fully saturated rings. The maximum absolute atomic E-state index is 5.18. The second kappa shape index (κ2) is 5.06. The first-order valence-corrected chi connectivity index (χ1v) is 6.05. The van der Waals surface area contributed by atoms with Gasteiger partial charge in [0.1, 0.15) is 4.34 Å². The van der Waals surface area contributed by atoms with E-state index < -0.39 is 0 Å². The van der Waals surface area contributed by atoms with Crippen LogP contribution in [0.25, 0.3) is 0 Å². The highest BCUT2D eigenvalue weighted by molar-refractivity contribution is 8.00. The lowest BCUT2D eigenvalue weighted by Crippen LogP contribution is -2.08. The van der Waals surface area contributed by atoms with Crippen LogP contribution in [0.1, 0.15) is 5.69 Å². The summed E-state index contributed by atoms with van der Waals surface area (Å²) in [6, 6.07) is 0. The summed E-state index contributed by atoms with van der Waals surface area (Å²) >= 11 is 3.27. The first-order valence-electron chi connectivity index (χ1n) is 4.18. The first kappa shape index (κ1) is 10.3. The molecule has 0 aliphatic rings. The molecule has 2 heterocycles. The number of hydrogen-bond donors (Lipinski definition) is 2. The number of thiazole rings is 1. The molecule has 3 N–H and O–H groups in total. The minimum Gasteiger partial charge on any atom is -0.307 e. The van der Waals surface area contributed by atoms with Gasteiger partial charge in [-0.3, -0.25) is 4.98 Å². The van der Waals surface area contributed by atoms with E-state index in [4.69, 9.17) is 5.84 Å². The average Bonchev–Trinajstić information content (AvgIpc) is 2.80. The Hall–Kier alpha value is -1.18. The molecule has 0 radical (unpaired) electrons. The smallest absolute Gasteiger partial charge is 0.158 e. The lowest BCUT2D eigenvalue weighted by atomic mass is 10.5. The molecule has 0 bridgehead atoms. The number of anilines is 1. The molecule has 0 saturated heterocycles. The summed E-state index contributed by atoms with van der Waals surface area (Å²) in [6.07, 6.45) is 5.10. The maximum atomic E-state index is 5.18. The fraction of sp³-hybridized carbons (Fsp3) is 0.125. The fourth-order valence-corrected chi connectivity index (χ4v) is 2.45. The molecule has 5 nitrogen and oxygen atoms in total. The largest absolute Gasteiger partial charge is 0.307 e. The quantitative estimate of drug-likeness (QED) is 0.478. The van der Waals surface area contributed by atoms with Crippen LogP contribution in [0.2, 0.25) is 0 Å². The molecule has 0 aliphatic heterocycles. The molecule has 2 aromatic rings. The van der Waals surface area contributed by atoms with Gasteiger partial charge in [0.2, 0.25) is 0 Å². The van der Waals surface area contributed by atoms with Gasteiger partial charge in [-0.1, -0.05) is 11.8 Å². The number of rotatable bonds is 4. The number of nitrogens with two attached hydrogens (primary N) is 1. The highest BCUT2D eigenvalue weighted by Crippen LogP contribution is 2.23. The second-order valence-electron chi connectivity index (χ2n) is 2.62. The van der Waals surface area contributed by atoms with Gasteiger partial charge in [0.25, 0.3) is 0 Å². The van der Waals surface area contributed by atoms with Crippen molar-refractivity contribution in [1.29, 1.82) is 0 Å². The SMILES string of the molecule is NNc1cnc(CSc2nccs2)cn1. The third kappa shape index (κ3) is 2.88. The Bertz CT molecular complexity index is 399. The van der Waals surface area contributed by atoms with Crippen molar-refractivity contribution in [2.75, 3.05) is 5.43 Å². The Kier molecular flexibility index (Phi) is 3.49. The summed E-state index contributed by atoms with van der Waals surface area (Å²) in [7, 11) is 0. The van der Waals surface area contributed by atoms with Crippen LogP contribution in [0, 0.1) is 0 Å². The lowest BCUT2D eigenvalue weighted by Gasteiger charge is -2.00. The highest BCUT2D eigenvalue weighted by atomic mass is 32.2. The summed E-state index contributed by atoms with van der Waals surface area (Å²) < 4.78 is 1.04. The van der Waals surface area contributed by atoms with Gasteiger partial charge >= 0.3 is 0 Å². The molecule has 0 spiro atoms. The summed E-state index contributed by atoms with van der Waals surface area (Å²) in [5.74, 6) is 6.52. The fourth-order valence-electron chi connectivity index (χ4n) is 0.921. The topological polar surface area (TPSA) is 76.7 Å². The number of hydrazine groups is 1. The number of hydrogen-bond acceptors (Lipinski definition) is 7. The van der Waals surface area contributed by atoms with Crippen molar-refractivity contribution in [3.8, 4) is 0 Å². The van der Waals surface area contributed by atoms with Crippen LogP contribution in [-0.2, 0) is 5.75 Å². The highest BCUT2D eigenvalue weighted by Gasteiger charge is 2.00. The summed E-state index contributed by atoms with van der Waals surface area (Å²) in [4.78, 5) is 12.4. The molecule has 2 rings (SSSR count). The number of aromatic nitrogens is 3.